The number of aryl methyl sites for hydroxylation is 1. The highest BCUT2D eigenvalue weighted by atomic mass is 32.1. The van der Waals surface area contributed by atoms with Crippen LogP contribution in [0.5, 0.6) is 0 Å². The number of benzene rings is 1. The highest BCUT2D eigenvalue weighted by Crippen LogP contribution is 2.22. The standard InChI is InChI=1S/C23H24FN3O2S/c1-16-14-20(17(2)27(16)19-7-5-18(24)6-8-19)21(28)15-25-9-11-26(12-10-25)23(29)22-4-3-13-30-22/h3-8,13-14H,9-12,15H2,1-2H3. The maximum absolute atomic E-state index is 13.3. The number of piperazine rings is 1. The van der Waals surface area contributed by atoms with Crippen molar-refractivity contribution in [1.82, 2.24) is 14.4 Å². The van der Waals surface area contributed by atoms with Crippen molar-refractivity contribution in [3.8, 4) is 5.69 Å². The topological polar surface area (TPSA) is 45.6 Å². The minimum absolute atomic E-state index is 0.0643. The van der Waals surface area contributed by atoms with Gasteiger partial charge in [0.1, 0.15) is 5.82 Å². The molecule has 30 heavy (non-hydrogen) atoms. The lowest BCUT2D eigenvalue weighted by Crippen LogP contribution is -2.49. The first-order chi connectivity index (χ1) is 14.4. The molecule has 0 bridgehead atoms. The SMILES string of the molecule is Cc1cc(C(=O)CN2CCN(C(=O)c3cccs3)CC2)c(C)n1-c1ccc(F)cc1. The molecule has 1 fully saturated rings. The van der Waals surface area contributed by atoms with E-state index in [2.05, 4.69) is 4.90 Å². The predicted molar refractivity (Wildman–Crippen MR) is 116 cm³/mol. The summed E-state index contributed by atoms with van der Waals surface area (Å²) in [5.41, 5.74) is 3.32. The van der Waals surface area contributed by atoms with Gasteiger partial charge < -0.3 is 9.47 Å². The number of amides is 1. The number of carbonyl (C=O) groups is 2. The first-order valence-electron chi connectivity index (χ1n) is 9.97. The van der Waals surface area contributed by atoms with E-state index < -0.39 is 0 Å². The van der Waals surface area contributed by atoms with Crippen LogP contribution >= 0.6 is 11.3 Å². The Morgan fingerprint density at radius 1 is 1.03 bits per heavy atom. The molecule has 0 atom stereocenters. The normalized spacial score (nSPS) is 14.8. The van der Waals surface area contributed by atoms with Gasteiger partial charge in [0.25, 0.3) is 5.91 Å². The molecule has 0 unspecified atom stereocenters. The molecule has 3 aromatic rings. The van der Waals surface area contributed by atoms with Crippen molar-refractivity contribution in [3.63, 3.8) is 0 Å². The van der Waals surface area contributed by atoms with E-state index in [0.29, 0.717) is 38.3 Å². The molecule has 2 aromatic heterocycles. The van der Waals surface area contributed by atoms with Gasteiger partial charge in [0.15, 0.2) is 5.78 Å². The number of carbonyl (C=O) groups excluding carboxylic acids is 2. The van der Waals surface area contributed by atoms with Crippen molar-refractivity contribution in [2.75, 3.05) is 32.7 Å². The summed E-state index contributed by atoms with van der Waals surface area (Å²) in [4.78, 5) is 30.2. The van der Waals surface area contributed by atoms with Crippen LogP contribution in [0.25, 0.3) is 5.69 Å². The summed E-state index contributed by atoms with van der Waals surface area (Å²) in [5, 5.41) is 1.91. The largest absolute Gasteiger partial charge is 0.335 e. The van der Waals surface area contributed by atoms with Gasteiger partial charge in [-0.2, -0.15) is 0 Å². The Balaban J connectivity index is 1.41. The highest BCUT2D eigenvalue weighted by molar-refractivity contribution is 7.12. The van der Waals surface area contributed by atoms with Crippen molar-refractivity contribution >= 4 is 23.0 Å². The number of halogens is 1. The van der Waals surface area contributed by atoms with Crippen LogP contribution in [0.3, 0.4) is 0 Å². The number of thiophene rings is 1. The van der Waals surface area contributed by atoms with Gasteiger partial charge in [0.05, 0.1) is 11.4 Å². The quantitative estimate of drug-likeness (QED) is 0.582. The second kappa shape index (κ2) is 8.53. The molecule has 0 saturated carbocycles. The number of hydrogen-bond donors (Lipinski definition) is 0. The molecule has 156 valence electrons. The maximum atomic E-state index is 13.3. The minimum Gasteiger partial charge on any atom is -0.335 e. The van der Waals surface area contributed by atoms with Gasteiger partial charge in [0, 0.05) is 48.8 Å². The Morgan fingerprint density at radius 2 is 1.73 bits per heavy atom. The molecular formula is C23H24FN3O2S. The molecule has 1 saturated heterocycles. The van der Waals surface area contributed by atoms with Crippen LogP contribution in [0.1, 0.15) is 31.4 Å². The monoisotopic (exact) mass is 425 g/mol. The maximum Gasteiger partial charge on any atom is 0.264 e. The lowest BCUT2D eigenvalue weighted by Gasteiger charge is -2.34. The molecule has 0 aliphatic carbocycles. The summed E-state index contributed by atoms with van der Waals surface area (Å²) in [6.45, 7) is 6.80. The number of ketones is 1. The van der Waals surface area contributed by atoms with Crippen LogP contribution in [-0.2, 0) is 0 Å². The van der Waals surface area contributed by atoms with Crippen molar-refractivity contribution in [2.45, 2.75) is 13.8 Å². The molecule has 0 radical (unpaired) electrons. The first kappa shape index (κ1) is 20.5. The Kier molecular flexibility index (Phi) is 5.83. The van der Waals surface area contributed by atoms with Gasteiger partial charge in [0.2, 0.25) is 0 Å². The van der Waals surface area contributed by atoms with Gasteiger partial charge in [-0.1, -0.05) is 6.07 Å². The lowest BCUT2D eigenvalue weighted by molar-refractivity contribution is 0.0628. The fourth-order valence-electron chi connectivity index (χ4n) is 3.99. The van der Waals surface area contributed by atoms with Crippen molar-refractivity contribution < 1.29 is 14.0 Å². The molecule has 0 N–H and O–H groups in total. The molecular weight excluding hydrogens is 401 g/mol. The van der Waals surface area contributed by atoms with Crippen molar-refractivity contribution in [1.29, 1.82) is 0 Å². The predicted octanol–water partition coefficient (Wildman–Crippen LogP) is 3.94. The molecule has 5 nitrogen and oxygen atoms in total. The van der Waals surface area contributed by atoms with Gasteiger partial charge in [-0.05, 0) is 55.6 Å². The van der Waals surface area contributed by atoms with E-state index in [-0.39, 0.29) is 17.5 Å². The smallest absolute Gasteiger partial charge is 0.264 e. The Bertz CT molecular complexity index is 1050. The van der Waals surface area contributed by atoms with E-state index in [1.807, 2.05) is 46.9 Å². The van der Waals surface area contributed by atoms with E-state index in [1.54, 1.807) is 12.1 Å². The Labute approximate surface area is 179 Å². The number of aromatic nitrogens is 1. The zero-order valence-corrected chi connectivity index (χ0v) is 17.9. The van der Waals surface area contributed by atoms with Crippen molar-refractivity contribution in [3.05, 3.63) is 75.5 Å². The summed E-state index contributed by atoms with van der Waals surface area (Å²) in [5.74, 6) is -0.150. The third kappa shape index (κ3) is 4.08. The van der Waals surface area contributed by atoms with Crippen LogP contribution in [-0.4, -0.2) is 58.8 Å². The van der Waals surface area contributed by atoms with Crippen LogP contribution in [0.2, 0.25) is 0 Å². The summed E-state index contributed by atoms with van der Waals surface area (Å²) in [7, 11) is 0. The van der Waals surface area contributed by atoms with E-state index in [1.165, 1.54) is 23.5 Å². The molecule has 3 heterocycles. The molecule has 1 amide bonds. The highest BCUT2D eigenvalue weighted by Gasteiger charge is 2.25. The average molecular weight is 426 g/mol. The third-order valence-electron chi connectivity index (χ3n) is 5.58. The molecule has 7 heteroatoms. The minimum atomic E-state index is -0.283. The first-order valence-corrected chi connectivity index (χ1v) is 10.8. The fraction of sp³-hybridized carbons (Fsp3) is 0.304. The van der Waals surface area contributed by atoms with Crippen LogP contribution < -0.4 is 0 Å². The van der Waals surface area contributed by atoms with Gasteiger partial charge in [-0.3, -0.25) is 14.5 Å². The number of Topliss-reactive ketones (excluding diaryl/α,β-unsaturated/α-hetero) is 1. The van der Waals surface area contributed by atoms with E-state index in [4.69, 9.17) is 0 Å². The molecule has 1 aromatic carbocycles. The van der Waals surface area contributed by atoms with Crippen LogP contribution in [0, 0.1) is 19.7 Å². The number of hydrogen-bond acceptors (Lipinski definition) is 4. The van der Waals surface area contributed by atoms with E-state index >= 15 is 0 Å². The zero-order valence-electron chi connectivity index (χ0n) is 17.1. The Morgan fingerprint density at radius 3 is 2.37 bits per heavy atom. The molecule has 0 spiro atoms. The molecule has 1 aliphatic heterocycles. The second-order valence-electron chi connectivity index (χ2n) is 7.57. The Hall–Kier alpha value is -2.77. The summed E-state index contributed by atoms with van der Waals surface area (Å²) in [6.07, 6.45) is 0. The average Bonchev–Trinajstić information content (AvgIpc) is 3.37. The zero-order chi connectivity index (χ0) is 21.3. The van der Waals surface area contributed by atoms with Crippen LogP contribution in [0.15, 0.2) is 47.8 Å². The number of nitrogens with zero attached hydrogens (tertiary/aromatic N) is 3. The van der Waals surface area contributed by atoms with Gasteiger partial charge in [-0.15, -0.1) is 11.3 Å². The fourth-order valence-corrected chi connectivity index (χ4v) is 4.68. The van der Waals surface area contributed by atoms with E-state index in [9.17, 15) is 14.0 Å². The summed E-state index contributed by atoms with van der Waals surface area (Å²) in [6, 6.07) is 11.9. The summed E-state index contributed by atoms with van der Waals surface area (Å²) >= 11 is 1.46. The van der Waals surface area contributed by atoms with Gasteiger partial charge >= 0.3 is 0 Å². The van der Waals surface area contributed by atoms with E-state index in [0.717, 1.165) is 22.0 Å². The second-order valence-corrected chi connectivity index (χ2v) is 8.51. The number of rotatable bonds is 5. The lowest BCUT2D eigenvalue weighted by atomic mass is 10.1. The molecule has 1 aliphatic rings. The molecule has 4 rings (SSSR count). The third-order valence-corrected chi connectivity index (χ3v) is 6.43. The van der Waals surface area contributed by atoms with Gasteiger partial charge in [-0.25, -0.2) is 4.39 Å². The van der Waals surface area contributed by atoms with Crippen molar-refractivity contribution in [2.24, 2.45) is 0 Å². The van der Waals surface area contributed by atoms with Crippen LogP contribution in [0.4, 0.5) is 4.39 Å². The summed E-state index contributed by atoms with van der Waals surface area (Å²) < 4.78 is 15.2.